The molecule has 44 heavy (non-hydrogen) atoms. The lowest BCUT2D eigenvalue weighted by molar-refractivity contribution is -0.137. The van der Waals surface area contributed by atoms with E-state index in [0.717, 1.165) is 18.4 Å². The van der Waals surface area contributed by atoms with Crippen molar-refractivity contribution in [2.45, 2.75) is 51.6 Å². The van der Waals surface area contributed by atoms with E-state index in [2.05, 4.69) is 27.5 Å². The van der Waals surface area contributed by atoms with Gasteiger partial charge in [-0.15, -0.1) is 0 Å². The summed E-state index contributed by atoms with van der Waals surface area (Å²) in [6.45, 7) is 13.0. The summed E-state index contributed by atoms with van der Waals surface area (Å²) in [5.74, 6) is -0.964. The van der Waals surface area contributed by atoms with E-state index in [9.17, 15) is 23.6 Å². The number of pyridine rings is 1. The summed E-state index contributed by atoms with van der Waals surface area (Å²) in [5, 5.41) is 8.49. The molecule has 3 fully saturated rings. The first-order valence-electron chi connectivity index (χ1n) is 15.0. The molecular formula is C31H43FN6O6. The Morgan fingerprint density at radius 2 is 1.75 bits per heavy atom. The average Bonchev–Trinajstić information content (AvgIpc) is 3.88. The van der Waals surface area contributed by atoms with E-state index in [4.69, 9.17) is 9.47 Å². The van der Waals surface area contributed by atoms with Crippen LogP contribution in [0.3, 0.4) is 0 Å². The fourth-order valence-corrected chi connectivity index (χ4v) is 5.10. The van der Waals surface area contributed by atoms with Crippen molar-refractivity contribution in [3.63, 3.8) is 0 Å². The molecule has 0 spiro atoms. The minimum atomic E-state index is -0.685. The van der Waals surface area contributed by atoms with Gasteiger partial charge in [0.05, 0.1) is 31.0 Å². The topological polar surface area (TPSA) is 142 Å². The SMILES string of the molecule is C=C(C(=O)N1CCN(C(=O)CNCCOCCNC(=O)c2ncc(C34CC3C4)cc2NC(=O)OC(C)(C)C)CC1)/C(F)=C\C. The van der Waals surface area contributed by atoms with E-state index < -0.39 is 29.3 Å². The van der Waals surface area contributed by atoms with Crippen LogP contribution < -0.4 is 16.0 Å². The number of hydrogen-bond donors (Lipinski definition) is 3. The van der Waals surface area contributed by atoms with Crippen LogP contribution in [0.2, 0.25) is 0 Å². The second-order valence-corrected chi connectivity index (χ2v) is 12.3. The zero-order chi connectivity index (χ0) is 32.1. The molecule has 0 unspecified atom stereocenters. The fourth-order valence-electron chi connectivity index (χ4n) is 5.10. The molecule has 4 amide bonds. The first-order chi connectivity index (χ1) is 20.8. The molecule has 3 aliphatic rings. The number of halogens is 1. The van der Waals surface area contributed by atoms with Gasteiger partial charge in [0.2, 0.25) is 5.91 Å². The van der Waals surface area contributed by atoms with Gasteiger partial charge in [0.1, 0.15) is 11.4 Å². The van der Waals surface area contributed by atoms with Gasteiger partial charge in [-0.1, -0.05) is 12.7 Å². The highest BCUT2D eigenvalue weighted by molar-refractivity contribution is 6.01. The van der Waals surface area contributed by atoms with Crippen LogP contribution in [-0.4, -0.2) is 103 Å². The van der Waals surface area contributed by atoms with Gasteiger partial charge in [0.15, 0.2) is 5.69 Å². The summed E-state index contributed by atoms with van der Waals surface area (Å²) >= 11 is 0. The number of rotatable bonds is 13. The number of aromatic nitrogens is 1. The van der Waals surface area contributed by atoms with Gasteiger partial charge >= 0.3 is 6.09 Å². The number of hydrogen-bond acceptors (Lipinski definition) is 8. The number of ether oxygens (including phenoxy) is 2. The van der Waals surface area contributed by atoms with Crippen LogP contribution in [0.5, 0.6) is 0 Å². The van der Waals surface area contributed by atoms with E-state index in [1.165, 1.54) is 17.9 Å². The lowest BCUT2D eigenvalue weighted by Crippen LogP contribution is -2.52. The molecule has 1 saturated heterocycles. The Kier molecular flexibility index (Phi) is 10.4. The summed E-state index contributed by atoms with van der Waals surface area (Å²) in [6, 6.07) is 1.82. The number of nitrogens with one attached hydrogen (secondary N) is 3. The Labute approximate surface area is 257 Å². The van der Waals surface area contributed by atoms with Crippen LogP contribution in [0, 0.1) is 5.92 Å². The molecule has 240 valence electrons. The van der Waals surface area contributed by atoms with Gasteiger partial charge in [0, 0.05) is 50.9 Å². The van der Waals surface area contributed by atoms with Crippen LogP contribution in [0.1, 0.15) is 56.6 Å². The van der Waals surface area contributed by atoms with Crippen LogP contribution in [0.15, 0.2) is 36.3 Å². The highest BCUT2D eigenvalue weighted by Crippen LogP contribution is 2.75. The summed E-state index contributed by atoms with van der Waals surface area (Å²) < 4.78 is 24.6. The smallest absolute Gasteiger partial charge is 0.412 e. The van der Waals surface area contributed by atoms with Gasteiger partial charge in [-0.2, -0.15) is 0 Å². The lowest BCUT2D eigenvalue weighted by atomic mass is 10.0. The van der Waals surface area contributed by atoms with E-state index in [-0.39, 0.29) is 42.3 Å². The molecule has 0 aromatic carbocycles. The van der Waals surface area contributed by atoms with E-state index in [0.29, 0.717) is 50.9 Å². The van der Waals surface area contributed by atoms with Crippen LogP contribution in [0.4, 0.5) is 14.9 Å². The number of anilines is 1. The van der Waals surface area contributed by atoms with Crippen molar-refractivity contribution < 1.29 is 33.0 Å². The molecule has 4 rings (SSSR count). The number of nitrogens with zero attached hydrogens (tertiary/aromatic N) is 3. The molecule has 2 heterocycles. The molecule has 1 aromatic heterocycles. The third-order valence-electron chi connectivity index (χ3n) is 7.95. The lowest BCUT2D eigenvalue weighted by Gasteiger charge is -2.35. The third-order valence-corrected chi connectivity index (χ3v) is 7.95. The zero-order valence-electron chi connectivity index (χ0n) is 26.0. The van der Waals surface area contributed by atoms with Gasteiger partial charge in [0.25, 0.3) is 11.8 Å². The molecule has 1 aliphatic heterocycles. The Morgan fingerprint density at radius 3 is 2.36 bits per heavy atom. The molecule has 2 aliphatic carbocycles. The molecule has 12 nitrogen and oxygen atoms in total. The summed E-state index contributed by atoms with van der Waals surface area (Å²) in [5.41, 5.74) is 0.753. The Morgan fingerprint density at radius 1 is 1.11 bits per heavy atom. The maximum Gasteiger partial charge on any atom is 0.412 e. The summed E-state index contributed by atoms with van der Waals surface area (Å²) in [7, 11) is 0. The second kappa shape index (κ2) is 13.9. The van der Waals surface area contributed by atoms with Crippen molar-refractivity contribution in [3.05, 3.63) is 47.6 Å². The van der Waals surface area contributed by atoms with Gasteiger partial charge in [-0.25, -0.2) is 14.2 Å². The Bertz CT molecular complexity index is 1310. The fraction of sp³-hybridized carbons (Fsp3) is 0.581. The van der Waals surface area contributed by atoms with Gasteiger partial charge < -0.3 is 29.9 Å². The van der Waals surface area contributed by atoms with Crippen molar-refractivity contribution in [2.24, 2.45) is 5.92 Å². The quantitative estimate of drug-likeness (QED) is 0.175. The normalized spacial score (nSPS) is 20.8. The van der Waals surface area contributed by atoms with Crippen molar-refractivity contribution in [1.82, 2.24) is 25.4 Å². The minimum absolute atomic E-state index is 0.101. The predicted octanol–water partition coefficient (Wildman–Crippen LogP) is 2.53. The maximum atomic E-state index is 13.6. The minimum Gasteiger partial charge on any atom is -0.444 e. The van der Waals surface area contributed by atoms with E-state index >= 15 is 0 Å². The zero-order valence-corrected chi connectivity index (χ0v) is 26.0. The number of allylic oxidation sites excluding steroid dienone is 1. The number of carbonyl (C=O) groups excluding carboxylic acids is 4. The first kappa shape index (κ1) is 33.1. The van der Waals surface area contributed by atoms with E-state index in [1.807, 2.05) is 6.07 Å². The van der Waals surface area contributed by atoms with Crippen molar-refractivity contribution in [2.75, 3.05) is 64.3 Å². The van der Waals surface area contributed by atoms with Crippen molar-refractivity contribution in [3.8, 4) is 0 Å². The van der Waals surface area contributed by atoms with Crippen LogP contribution in [-0.2, 0) is 24.5 Å². The molecule has 0 radical (unpaired) electrons. The Balaban J connectivity index is 1.12. The molecule has 2 saturated carbocycles. The molecule has 0 atom stereocenters. The monoisotopic (exact) mass is 614 g/mol. The number of fused-ring (bicyclic) bond motifs is 1. The summed E-state index contributed by atoms with van der Waals surface area (Å²) in [4.78, 5) is 57.7. The van der Waals surface area contributed by atoms with Crippen LogP contribution >= 0.6 is 0 Å². The highest BCUT2D eigenvalue weighted by atomic mass is 19.1. The molecule has 0 bridgehead atoms. The van der Waals surface area contributed by atoms with Crippen molar-refractivity contribution in [1.29, 1.82) is 0 Å². The predicted molar refractivity (Wildman–Crippen MR) is 162 cm³/mol. The molecule has 13 heteroatoms. The summed E-state index contributed by atoms with van der Waals surface area (Å²) in [6.07, 6.45) is 4.49. The van der Waals surface area contributed by atoms with E-state index in [1.54, 1.807) is 31.9 Å². The van der Waals surface area contributed by atoms with Crippen LogP contribution in [0.25, 0.3) is 0 Å². The second-order valence-electron chi connectivity index (χ2n) is 12.3. The third kappa shape index (κ3) is 8.41. The largest absolute Gasteiger partial charge is 0.444 e. The Hall–Kier alpha value is -3.84. The number of carbonyl (C=O) groups is 4. The first-order valence-corrected chi connectivity index (χ1v) is 15.0. The number of amides is 4. The highest BCUT2D eigenvalue weighted by Gasteiger charge is 2.70. The number of piperazine rings is 1. The molecule has 3 N–H and O–H groups in total. The van der Waals surface area contributed by atoms with Gasteiger partial charge in [-0.3, -0.25) is 19.7 Å². The average molecular weight is 615 g/mol. The van der Waals surface area contributed by atoms with Crippen molar-refractivity contribution >= 4 is 29.5 Å². The molecule has 1 aromatic rings. The standard InChI is InChI=1S/C31H43FN6O6/c1-6-23(32)20(2)28(41)38-11-9-37(10-12-38)25(39)19-33-7-13-43-14-8-34-27(40)26-24(36-29(42)44-30(3,4)5)15-21(18-35-26)31-16-22(31)17-31/h6,15,18,22,33H,2,7-14,16-17,19H2,1,3-5H3,(H,34,40)(H,36,42)/b23-6+. The maximum absolute atomic E-state index is 13.6. The van der Waals surface area contributed by atoms with Gasteiger partial charge in [-0.05, 0) is 58.1 Å². The molecular weight excluding hydrogens is 571 g/mol.